The molecule has 0 saturated carbocycles. The summed E-state index contributed by atoms with van der Waals surface area (Å²) in [4.78, 5) is 12.1. The van der Waals surface area contributed by atoms with E-state index in [9.17, 15) is 10.1 Å². The van der Waals surface area contributed by atoms with E-state index < -0.39 is 0 Å². The molecule has 0 aliphatic carbocycles. The largest absolute Gasteiger partial charge is 0.496 e. The fourth-order valence-electron chi connectivity index (χ4n) is 2.87. The Morgan fingerprint density at radius 2 is 1.85 bits per heavy atom. The molecule has 0 bridgehead atoms. The SMILES string of the molecule is CCOC(=O)CC(Cc1ccccc1OC)c1ccc(C#N)c(C#N)c1. The van der Waals surface area contributed by atoms with Gasteiger partial charge in [-0.1, -0.05) is 24.3 Å². The number of nitriles is 2. The van der Waals surface area contributed by atoms with E-state index in [0.717, 1.165) is 16.9 Å². The minimum absolute atomic E-state index is 0.183. The standard InChI is InChI=1S/C21H20N2O3/c1-3-26-21(24)12-18(11-16-6-4-5-7-20(16)25-2)15-8-9-17(13-22)19(10-15)14-23/h4-10,18H,3,11-12H2,1-2H3. The van der Waals surface area contributed by atoms with Crippen molar-refractivity contribution < 1.29 is 14.3 Å². The van der Waals surface area contributed by atoms with Crippen molar-refractivity contribution in [3.05, 3.63) is 64.7 Å². The number of ether oxygens (including phenoxy) is 2. The van der Waals surface area contributed by atoms with Gasteiger partial charge in [0.15, 0.2) is 0 Å². The van der Waals surface area contributed by atoms with Crippen molar-refractivity contribution in [2.24, 2.45) is 0 Å². The van der Waals surface area contributed by atoms with Gasteiger partial charge in [0, 0.05) is 0 Å². The number of para-hydroxylation sites is 1. The molecule has 0 heterocycles. The Balaban J connectivity index is 2.40. The average molecular weight is 348 g/mol. The fraction of sp³-hybridized carbons (Fsp3) is 0.286. The number of rotatable bonds is 7. The number of esters is 1. The molecule has 26 heavy (non-hydrogen) atoms. The van der Waals surface area contributed by atoms with Crippen molar-refractivity contribution >= 4 is 5.97 Å². The van der Waals surface area contributed by atoms with E-state index in [1.54, 1.807) is 32.2 Å². The molecular weight excluding hydrogens is 328 g/mol. The molecule has 132 valence electrons. The summed E-state index contributed by atoms with van der Waals surface area (Å²) >= 11 is 0. The lowest BCUT2D eigenvalue weighted by atomic mass is 9.87. The first-order valence-electron chi connectivity index (χ1n) is 8.34. The maximum Gasteiger partial charge on any atom is 0.306 e. The number of hydrogen-bond acceptors (Lipinski definition) is 5. The van der Waals surface area contributed by atoms with E-state index in [4.69, 9.17) is 14.7 Å². The van der Waals surface area contributed by atoms with E-state index in [1.165, 1.54) is 0 Å². The quantitative estimate of drug-likeness (QED) is 0.712. The predicted molar refractivity (Wildman–Crippen MR) is 96.6 cm³/mol. The first kappa shape index (κ1) is 19.0. The molecule has 0 fully saturated rings. The lowest BCUT2D eigenvalue weighted by Gasteiger charge is -2.19. The highest BCUT2D eigenvalue weighted by Gasteiger charge is 2.20. The number of hydrogen-bond donors (Lipinski definition) is 0. The summed E-state index contributed by atoms with van der Waals surface area (Å²) in [6.45, 7) is 2.08. The van der Waals surface area contributed by atoms with Gasteiger partial charge < -0.3 is 9.47 Å². The summed E-state index contributed by atoms with van der Waals surface area (Å²) in [5.74, 6) is 0.260. The molecule has 5 heteroatoms. The van der Waals surface area contributed by atoms with E-state index in [1.807, 2.05) is 36.4 Å². The summed E-state index contributed by atoms with van der Waals surface area (Å²) in [5, 5.41) is 18.4. The van der Waals surface area contributed by atoms with Gasteiger partial charge in [0.25, 0.3) is 0 Å². The molecule has 0 aliphatic heterocycles. The summed E-state index contributed by atoms with van der Waals surface area (Å²) in [6.07, 6.45) is 0.738. The molecule has 0 N–H and O–H groups in total. The van der Waals surface area contributed by atoms with Crippen LogP contribution in [0.25, 0.3) is 0 Å². The molecule has 2 aromatic rings. The van der Waals surface area contributed by atoms with Crippen LogP contribution >= 0.6 is 0 Å². The minimum Gasteiger partial charge on any atom is -0.496 e. The third kappa shape index (κ3) is 4.62. The fourth-order valence-corrected chi connectivity index (χ4v) is 2.87. The van der Waals surface area contributed by atoms with Gasteiger partial charge >= 0.3 is 5.97 Å². The van der Waals surface area contributed by atoms with Crippen LogP contribution in [0.3, 0.4) is 0 Å². The highest BCUT2D eigenvalue weighted by Crippen LogP contribution is 2.30. The van der Waals surface area contributed by atoms with Crippen molar-refractivity contribution in [2.45, 2.75) is 25.7 Å². The van der Waals surface area contributed by atoms with Gasteiger partial charge in [0.1, 0.15) is 17.9 Å². The zero-order valence-corrected chi connectivity index (χ0v) is 14.9. The first-order valence-corrected chi connectivity index (χ1v) is 8.34. The highest BCUT2D eigenvalue weighted by molar-refractivity contribution is 5.70. The van der Waals surface area contributed by atoms with Gasteiger partial charge in [-0.3, -0.25) is 4.79 Å². The number of carbonyl (C=O) groups is 1. The second-order valence-electron chi connectivity index (χ2n) is 5.75. The Hall–Kier alpha value is -3.31. The zero-order valence-electron chi connectivity index (χ0n) is 14.9. The van der Waals surface area contributed by atoms with Crippen molar-refractivity contribution in [2.75, 3.05) is 13.7 Å². The zero-order chi connectivity index (χ0) is 18.9. The summed E-state index contributed by atoms with van der Waals surface area (Å²) in [7, 11) is 1.61. The van der Waals surface area contributed by atoms with Gasteiger partial charge in [0.05, 0.1) is 31.3 Å². The Labute approximate surface area is 153 Å². The molecule has 2 rings (SSSR count). The normalized spacial score (nSPS) is 11.1. The maximum absolute atomic E-state index is 12.1. The van der Waals surface area contributed by atoms with E-state index in [2.05, 4.69) is 0 Å². The smallest absolute Gasteiger partial charge is 0.306 e. The molecule has 5 nitrogen and oxygen atoms in total. The van der Waals surface area contributed by atoms with Crippen LogP contribution in [0, 0.1) is 22.7 Å². The molecule has 0 radical (unpaired) electrons. The van der Waals surface area contributed by atoms with Crippen LogP contribution in [-0.2, 0) is 16.0 Å². The van der Waals surface area contributed by atoms with E-state index in [0.29, 0.717) is 24.2 Å². The number of methoxy groups -OCH3 is 1. The van der Waals surface area contributed by atoms with Crippen molar-refractivity contribution in [1.29, 1.82) is 10.5 Å². The summed E-state index contributed by atoms with van der Waals surface area (Å²) in [5.41, 5.74) is 2.41. The first-order chi connectivity index (χ1) is 12.6. The van der Waals surface area contributed by atoms with Gasteiger partial charge in [-0.2, -0.15) is 10.5 Å². The van der Waals surface area contributed by atoms with E-state index in [-0.39, 0.29) is 18.3 Å². The Kier molecular flexibility index (Phi) is 6.76. The van der Waals surface area contributed by atoms with Crippen molar-refractivity contribution in [3.8, 4) is 17.9 Å². The number of nitrogens with zero attached hydrogens (tertiary/aromatic N) is 2. The van der Waals surface area contributed by atoms with Gasteiger partial charge in [-0.05, 0) is 48.6 Å². The average Bonchev–Trinajstić information content (AvgIpc) is 2.67. The Bertz CT molecular complexity index is 862. The molecule has 0 amide bonds. The summed E-state index contributed by atoms with van der Waals surface area (Å²) < 4.78 is 10.5. The topological polar surface area (TPSA) is 83.1 Å². The molecular formula is C21H20N2O3. The molecule has 0 aromatic heterocycles. The predicted octanol–water partition coefficient (Wildman–Crippen LogP) is 3.72. The van der Waals surface area contributed by atoms with Gasteiger partial charge in [-0.15, -0.1) is 0 Å². The highest BCUT2D eigenvalue weighted by atomic mass is 16.5. The van der Waals surface area contributed by atoms with Crippen LogP contribution in [0.1, 0.15) is 41.5 Å². The second-order valence-corrected chi connectivity index (χ2v) is 5.75. The van der Waals surface area contributed by atoms with Crippen molar-refractivity contribution in [3.63, 3.8) is 0 Å². The van der Waals surface area contributed by atoms with Crippen LogP contribution < -0.4 is 4.74 Å². The van der Waals surface area contributed by atoms with Crippen LogP contribution in [0.15, 0.2) is 42.5 Å². The van der Waals surface area contributed by atoms with Crippen LogP contribution in [0.5, 0.6) is 5.75 Å². The van der Waals surface area contributed by atoms with E-state index >= 15 is 0 Å². The van der Waals surface area contributed by atoms with Crippen LogP contribution in [0.2, 0.25) is 0 Å². The lowest BCUT2D eigenvalue weighted by molar-refractivity contribution is -0.143. The molecule has 0 aliphatic rings. The molecule has 0 spiro atoms. The molecule has 2 aromatic carbocycles. The van der Waals surface area contributed by atoms with Crippen LogP contribution in [-0.4, -0.2) is 19.7 Å². The minimum atomic E-state index is -0.296. The van der Waals surface area contributed by atoms with Crippen LogP contribution in [0.4, 0.5) is 0 Å². The third-order valence-corrected chi connectivity index (χ3v) is 4.13. The second kappa shape index (κ2) is 9.25. The molecule has 1 unspecified atom stereocenters. The monoisotopic (exact) mass is 348 g/mol. The molecule has 1 atom stereocenters. The number of benzene rings is 2. The maximum atomic E-state index is 12.1. The number of carbonyl (C=O) groups excluding carboxylic acids is 1. The Morgan fingerprint density at radius 3 is 2.50 bits per heavy atom. The lowest BCUT2D eigenvalue weighted by Crippen LogP contribution is -2.13. The summed E-state index contributed by atoms with van der Waals surface area (Å²) in [6, 6.07) is 16.8. The Morgan fingerprint density at radius 1 is 1.12 bits per heavy atom. The van der Waals surface area contributed by atoms with Gasteiger partial charge in [-0.25, -0.2) is 0 Å². The van der Waals surface area contributed by atoms with Crippen molar-refractivity contribution in [1.82, 2.24) is 0 Å². The third-order valence-electron chi connectivity index (χ3n) is 4.13. The van der Waals surface area contributed by atoms with Gasteiger partial charge in [0.2, 0.25) is 0 Å². The molecule has 0 saturated heterocycles.